The first-order chi connectivity index (χ1) is 11.2. The van der Waals surface area contributed by atoms with Crippen molar-refractivity contribution in [1.82, 2.24) is 15.6 Å². The number of benzene rings is 1. The van der Waals surface area contributed by atoms with Crippen LogP contribution in [-0.4, -0.2) is 29.1 Å². The molecule has 3 N–H and O–H groups in total. The van der Waals surface area contributed by atoms with Gasteiger partial charge in [0, 0.05) is 18.0 Å². The number of aliphatic imine (C=N–C) groups is 1. The lowest BCUT2D eigenvalue weighted by atomic mass is 10.1. The number of nitrogens with zero attached hydrogens (tertiary/aromatic N) is 2. The maximum Gasteiger partial charge on any atom is 0.191 e. The minimum atomic E-state index is -0.463. The van der Waals surface area contributed by atoms with Crippen LogP contribution in [0.3, 0.4) is 0 Å². The second-order valence-corrected chi connectivity index (χ2v) is 6.14. The first kappa shape index (κ1) is 17.4. The molecule has 1 heterocycles. The van der Waals surface area contributed by atoms with Gasteiger partial charge >= 0.3 is 0 Å². The fraction of sp³-hybridized carbons (Fsp3) is 0.412. The Morgan fingerprint density at radius 3 is 2.74 bits per heavy atom. The summed E-state index contributed by atoms with van der Waals surface area (Å²) in [5.74, 6) is 0.764. The van der Waals surface area contributed by atoms with Gasteiger partial charge < -0.3 is 15.7 Å². The Kier molecular flexibility index (Phi) is 7.03. The van der Waals surface area contributed by atoms with Gasteiger partial charge in [0.05, 0.1) is 23.9 Å². The van der Waals surface area contributed by atoms with E-state index in [2.05, 4.69) is 20.6 Å². The molecule has 1 aromatic carbocycles. The number of thiazole rings is 1. The van der Waals surface area contributed by atoms with E-state index < -0.39 is 6.10 Å². The van der Waals surface area contributed by atoms with Crippen LogP contribution in [0.2, 0.25) is 0 Å². The van der Waals surface area contributed by atoms with Gasteiger partial charge in [-0.15, -0.1) is 11.3 Å². The summed E-state index contributed by atoms with van der Waals surface area (Å²) in [7, 11) is 0. The largest absolute Gasteiger partial charge is 0.388 e. The van der Waals surface area contributed by atoms with Crippen LogP contribution < -0.4 is 10.6 Å². The molecule has 0 bridgehead atoms. The Hall–Kier alpha value is -1.92. The highest BCUT2D eigenvalue weighted by atomic mass is 32.1. The monoisotopic (exact) mass is 332 g/mol. The number of aliphatic hydroxyl groups is 1. The van der Waals surface area contributed by atoms with Gasteiger partial charge in [0.1, 0.15) is 0 Å². The Bertz CT molecular complexity index is 612. The molecular weight excluding hydrogens is 308 g/mol. The van der Waals surface area contributed by atoms with E-state index in [1.165, 1.54) is 4.88 Å². The maximum atomic E-state index is 10.2. The molecule has 1 atom stereocenters. The van der Waals surface area contributed by atoms with Crippen molar-refractivity contribution in [3.8, 4) is 0 Å². The molecule has 1 unspecified atom stereocenters. The van der Waals surface area contributed by atoms with Crippen molar-refractivity contribution in [2.45, 2.75) is 32.9 Å². The van der Waals surface area contributed by atoms with E-state index in [4.69, 9.17) is 0 Å². The normalized spacial score (nSPS) is 12.9. The van der Waals surface area contributed by atoms with Gasteiger partial charge in [-0.25, -0.2) is 9.98 Å². The molecule has 5 nitrogen and oxygen atoms in total. The van der Waals surface area contributed by atoms with E-state index in [1.807, 2.05) is 49.7 Å². The minimum absolute atomic E-state index is 0.463. The van der Waals surface area contributed by atoms with E-state index in [-0.39, 0.29) is 0 Å². The molecule has 0 fully saturated rings. The molecule has 6 heteroatoms. The van der Waals surface area contributed by atoms with Crippen LogP contribution in [-0.2, 0) is 6.54 Å². The molecule has 0 saturated carbocycles. The number of rotatable bonds is 7. The Labute approximate surface area is 141 Å². The van der Waals surface area contributed by atoms with Crippen LogP contribution >= 0.6 is 11.3 Å². The lowest BCUT2D eigenvalue weighted by Gasteiger charge is -2.14. The minimum Gasteiger partial charge on any atom is -0.388 e. The van der Waals surface area contributed by atoms with Crippen LogP contribution in [0.15, 0.2) is 40.8 Å². The van der Waals surface area contributed by atoms with Crippen molar-refractivity contribution < 1.29 is 5.11 Å². The van der Waals surface area contributed by atoms with Crippen LogP contribution in [0.5, 0.6) is 0 Å². The summed E-state index contributed by atoms with van der Waals surface area (Å²) in [6.07, 6.45) is 0.170. The molecule has 0 aliphatic heterocycles. The van der Waals surface area contributed by atoms with Crippen molar-refractivity contribution in [2.24, 2.45) is 4.99 Å². The van der Waals surface area contributed by atoms with E-state index in [0.29, 0.717) is 19.5 Å². The number of aromatic nitrogens is 1. The summed E-state index contributed by atoms with van der Waals surface area (Å²) in [5, 5.41) is 16.7. The average Bonchev–Trinajstić information content (AvgIpc) is 2.98. The van der Waals surface area contributed by atoms with E-state index in [9.17, 15) is 5.11 Å². The number of nitrogens with one attached hydrogen (secondary N) is 2. The summed E-state index contributed by atoms with van der Waals surface area (Å²) >= 11 is 1.62. The fourth-order valence-electron chi connectivity index (χ4n) is 2.14. The standard InChI is InChI=1S/C17H24N4OS/c1-3-18-17(20-11-16-13(2)21-12-23-16)19-10-9-15(22)14-7-5-4-6-8-14/h4-8,12,15,22H,3,9-11H2,1-2H3,(H2,18,19,20). The summed E-state index contributed by atoms with van der Waals surface area (Å²) < 4.78 is 0. The van der Waals surface area contributed by atoms with Gasteiger partial charge in [-0.3, -0.25) is 0 Å². The summed E-state index contributed by atoms with van der Waals surface area (Å²) in [5.41, 5.74) is 3.82. The van der Waals surface area contributed by atoms with E-state index in [1.54, 1.807) is 11.3 Å². The third-order valence-electron chi connectivity index (χ3n) is 3.46. The van der Waals surface area contributed by atoms with Crippen LogP contribution in [0.1, 0.15) is 35.6 Å². The zero-order valence-electron chi connectivity index (χ0n) is 13.6. The lowest BCUT2D eigenvalue weighted by Crippen LogP contribution is -2.38. The van der Waals surface area contributed by atoms with Gasteiger partial charge in [0.15, 0.2) is 5.96 Å². The second-order valence-electron chi connectivity index (χ2n) is 5.20. The topological polar surface area (TPSA) is 69.5 Å². The van der Waals surface area contributed by atoms with Gasteiger partial charge in [-0.1, -0.05) is 30.3 Å². The number of aliphatic hydroxyl groups excluding tert-OH is 1. The predicted octanol–water partition coefficient (Wildman–Crippen LogP) is 2.63. The summed E-state index contributed by atoms with van der Waals surface area (Å²) in [6.45, 7) is 6.11. The molecule has 0 spiro atoms. The van der Waals surface area contributed by atoms with Gasteiger partial charge in [0.2, 0.25) is 0 Å². The average molecular weight is 332 g/mol. The highest BCUT2D eigenvalue weighted by Crippen LogP contribution is 2.15. The molecule has 0 saturated heterocycles. The summed E-state index contributed by atoms with van der Waals surface area (Å²) in [4.78, 5) is 9.98. The number of aryl methyl sites for hydroxylation is 1. The molecule has 2 rings (SSSR count). The predicted molar refractivity (Wildman–Crippen MR) is 95.7 cm³/mol. The van der Waals surface area contributed by atoms with E-state index >= 15 is 0 Å². The molecule has 1 aromatic heterocycles. The lowest BCUT2D eigenvalue weighted by molar-refractivity contribution is 0.168. The number of hydrogen-bond acceptors (Lipinski definition) is 4. The molecule has 124 valence electrons. The third-order valence-corrected chi connectivity index (χ3v) is 4.38. The Morgan fingerprint density at radius 2 is 2.09 bits per heavy atom. The number of hydrogen-bond donors (Lipinski definition) is 3. The first-order valence-corrected chi connectivity index (χ1v) is 8.72. The Balaban J connectivity index is 1.83. The quantitative estimate of drug-likeness (QED) is 0.538. The van der Waals surface area contributed by atoms with Crippen LogP contribution in [0.25, 0.3) is 0 Å². The van der Waals surface area contributed by atoms with Gasteiger partial charge in [-0.2, -0.15) is 0 Å². The smallest absolute Gasteiger partial charge is 0.191 e. The highest BCUT2D eigenvalue weighted by molar-refractivity contribution is 7.09. The molecule has 0 radical (unpaired) electrons. The molecule has 23 heavy (non-hydrogen) atoms. The maximum absolute atomic E-state index is 10.2. The Morgan fingerprint density at radius 1 is 1.30 bits per heavy atom. The van der Waals surface area contributed by atoms with Crippen LogP contribution in [0.4, 0.5) is 0 Å². The fourth-order valence-corrected chi connectivity index (χ4v) is 2.84. The molecule has 0 aliphatic carbocycles. The SMILES string of the molecule is CCNC(=NCc1scnc1C)NCCC(O)c1ccccc1. The van der Waals surface area contributed by atoms with Crippen molar-refractivity contribution in [3.63, 3.8) is 0 Å². The van der Waals surface area contributed by atoms with Crippen molar-refractivity contribution in [2.75, 3.05) is 13.1 Å². The zero-order chi connectivity index (χ0) is 16.5. The summed E-state index contributed by atoms with van der Waals surface area (Å²) in [6, 6.07) is 9.71. The van der Waals surface area contributed by atoms with Crippen LogP contribution in [0, 0.1) is 6.92 Å². The van der Waals surface area contributed by atoms with Crippen molar-refractivity contribution in [1.29, 1.82) is 0 Å². The first-order valence-electron chi connectivity index (χ1n) is 7.85. The highest BCUT2D eigenvalue weighted by Gasteiger charge is 2.07. The van der Waals surface area contributed by atoms with Gasteiger partial charge in [0.25, 0.3) is 0 Å². The zero-order valence-corrected chi connectivity index (χ0v) is 14.4. The van der Waals surface area contributed by atoms with E-state index in [0.717, 1.165) is 23.8 Å². The molecular formula is C17H24N4OS. The molecule has 0 amide bonds. The second kappa shape index (κ2) is 9.27. The number of guanidine groups is 1. The third kappa shape index (κ3) is 5.65. The molecule has 0 aliphatic rings. The van der Waals surface area contributed by atoms with Crippen molar-refractivity contribution in [3.05, 3.63) is 52.0 Å². The van der Waals surface area contributed by atoms with Gasteiger partial charge in [-0.05, 0) is 25.8 Å². The molecule has 2 aromatic rings. The van der Waals surface area contributed by atoms with Crippen molar-refractivity contribution >= 4 is 17.3 Å².